The normalized spacial score (nSPS) is 13.3. The van der Waals surface area contributed by atoms with Gasteiger partial charge in [0.15, 0.2) is 98.4 Å². The maximum atomic E-state index is 13.1. The van der Waals surface area contributed by atoms with Gasteiger partial charge in [0.25, 0.3) is 0 Å². The first kappa shape index (κ1) is 121. The number of hydrogen-bond donors (Lipinski definition) is 7. The number of phenolic OH excluding ortho intramolecular Hbond substituents is 3. The van der Waals surface area contributed by atoms with Gasteiger partial charge in [0, 0.05) is 5.39 Å². The highest BCUT2D eigenvalue weighted by Gasteiger charge is 2.42. The number of benzene rings is 10. The van der Waals surface area contributed by atoms with Gasteiger partial charge in [0.2, 0.25) is 0 Å². The number of carboxylic acid groups (broad SMARTS) is 4. The lowest BCUT2D eigenvalue weighted by Gasteiger charge is -2.23. The van der Waals surface area contributed by atoms with E-state index in [1.807, 2.05) is 0 Å². The van der Waals surface area contributed by atoms with E-state index >= 15 is 0 Å². The summed E-state index contributed by atoms with van der Waals surface area (Å²) in [4.78, 5) is 43.7. The first-order valence-electron chi connectivity index (χ1n) is 42.5. The minimum Gasteiger partial charge on any atom is -0.508 e. The fourth-order valence-electron chi connectivity index (χ4n) is 11.5. The van der Waals surface area contributed by atoms with Gasteiger partial charge in [-0.25, -0.2) is 103 Å². The number of phenols is 3. The van der Waals surface area contributed by atoms with E-state index in [1.54, 1.807) is 138 Å². The number of carboxylic acids is 4. The number of aromatic carboxylic acids is 4. The lowest BCUT2D eigenvalue weighted by Crippen LogP contribution is -2.30. The molecule has 10 rings (SSSR count). The van der Waals surface area contributed by atoms with Gasteiger partial charge in [-0.1, -0.05) is 30.3 Å². The molecule has 0 aliphatic heterocycles. The quantitative estimate of drug-likeness (QED) is 0.0531. The third kappa shape index (κ3) is 28.0. The highest BCUT2D eigenvalue weighted by atomic mass is 32.2. The Morgan fingerprint density at radius 1 is 0.173 bits per heavy atom. The standard InChI is InChI=1S/C19H24O6S2.C15H22O6S2.C15H16O4S.C14H22O5S2.C14H16O3S.C11H14O4S.C10H14O3S/c1-18(2,3)26(22,23)14-10-13-9-12(17(20)21)7-8-15(13)16(11-14)27(24,25)19(4,5)6;1-14(2,3)22(18,19)11-7-10(13(16)17)8-12(9-11)23(20,21)15(4,5)6;1-15(2,3)20(18,19)13-7-6-10-8-12(14(16)17)5-4-11(10)9-13;1-13(2,3)20(16,17)11-7-10(15)8-12(9-11)21(18,19)14(4,5)6;1-14(2,3)18(16,17)13-7-5-10-8-12(15)6-4-11(10)9-13;1-11(2,3)16(14,15)9-6-4-8(5-7-9)10(12)13;1-10(2,3)14(12,13)9-6-4-8(11)5-7-9/h7-11H,1-6H3,(H,20,21);7-9H,1-6H3,(H,16,17);4-9H,1-3H3,(H,16,17);7-9,15H,1-6H3;4-9,15H,1-3H3;4-7H,1-3H3,(H,12,13);4-7,11H,1-3H3. The molecule has 0 amide bonds. The molecular weight excluding hydrogens is 1990 g/mol. The molecule has 7 N–H and O–H groups in total. The molecule has 0 atom stereocenters. The summed E-state index contributed by atoms with van der Waals surface area (Å²) in [5, 5.41) is 67.7. The van der Waals surface area contributed by atoms with Gasteiger partial charge in [-0.2, -0.15) is 0 Å². The smallest absolute Gasteiger partial charge is 0.335 e. The van der Waals surface area contributed by atoms with Crippen molar-refractivity contribution in [2.24, 2.45) is 0 Å². The van der Waals surface area contributed by atoms with Crippen molar-refractivity contribution >= 4 is 155 Å². The Bertz CT molecular complexity index is 7480. The highest BCUT2D eigenvalue weighted by molar-refractivity contribution is 7.96. The second kappa shape index (κ2) is 41.7. The predicted molar refractivity (Wildman–Crippen MR) is 540 cm³/mol. The molecule has 139 heavy (non-hydrogen) atoms. The van der Waals surface area contributed by atoms with E-state index in [9.17, 15) is 124 Å². The van der Waals surface area contributed by atoms with Gasteiger partial charge in [-0.05, 0) is 392 Å². The van der Waals surface area contributed by atoms with Gasteiger partial charge in [-0.15, -0.1) is 0 Å². The molecular formula is C98H128O31S10. The molecule has 10 aromatic rings. The summed E-state index contributed by atoms with van der Waals surface area (Å²) in [6.45, 7) is 46.8. The molecule has 0 unspecified atom stereocenters. The van der Waals surface area contributed by atoms with Crippen LogP contribution in [0.3, 0.4) is 0 Å². The second-order valence-electron chi connectivity index (χ2n) is 42.0. The van der Waals surface area contributed by atoms with Crippen LogP contribution in [0.15, 0.2) is 237 Å². The molecule has 0 aromatic heterocycles. The second-order valence-corrected chi connectivity index (χ2v) is 69.0. The van der Waals surface area contributed by atoms with Crippen molar-refractivity contribution in [1.82, 2.24) is 0 Å². The largest absolute Gasteiger partial charge is 0.508 e. The molecule has 0 saturated carbocycles. The fourth-order valence-corrected chi connectivity index (χ4v) is 24.4. The molecule has 0 fully saturated rings. The number of sulfone groups is 10. The zero-order valence-electron chi connectivity index (χ0n) is 83.4. The summed E-state index contributed by atoms with van der Waals surface area (Å²) >= 11 is 0. The van der Waals surface area contributed by atoms with E-state index in [1.165, 1.54) is 222 Å². The van der Waals surface area contributed by atoms with Crippen molar-refractivity contribution in [3.05, 3.63) is 210 Å². The van der Waals surface area contributed by atoms with Crippen molar-refractivity contribution in [3.8, 4) is 17.2 Å². The summed E-state index contributed by atoms with van der Waals surface area (Å²) in [6.07, 6.45) is 0. The lowest BCUT2D eigenvalue weighted by atomic mass is 10.1. The van der Waals surface area contributed by atoms with Crippen LogP contribution in [0.4, 0.5) is 0 Å². The molecule has 0 aliphatic carbocycles. The molecule has 766 valence electrons. The van der Waals surface area contributed by atoms with Crippen LogP contribution in [0.2, 0.25) is 0 Å². The van der Waals surface area contributed by atoms with Gasteiger partial charge >= 0.3 is 23.9 Å². The Balaban J connectivity index is 0.000000341. The number of fused-ring (bicyclic) bond motifs is 3. The van der Waals surface area contributed by atoms with E-state index in [-0.39, 0.29) is 88.9 Å². The van der Waals surface area contributed by atoms with Crippen LogP contribution in [0.25, 0.3) is 32.3 Å². The molecule has 0 radical (unpaired) electrons. The van der Waals surface area contributed by atoms with Gasteiger partial charge in [0.1, 0.15) is 17.2 Å². The van der Waals surface area contributed by atoms with Crippen molar-refractivity contribution in [2.45, 2.75) is 304 Å². The zero-order chi connectivity index (χ0) is 109. The maximum Gasteiger partial charge on any atom is 0.335 e. The Labute approximate surface area is 818 Å². The van der Waals surface area contributed by atoms with Crippen LogP contribution in [0, 0.1) is 0 Å². The van der Waals surface area contributed by atoms with Gasteiger partial charge in [0.05, 0.1) is 119 Å². The van der Waals surface area contributed by atoms with E-state index in [2.05, 4.69) is 0 Å². The first-order valence-corrected chi connectivity index (χ1v) is 57.3. The number of carbonyl (C=O) groups is 4. The summed E-state index contributed by atoms with van der Waals surface area (Å²) in [7, 11) is -36.5. The summed E-state index contributed by atoms with van der Waals surface area (Å²) < 4.78 is 239. The maximum absolute atomic E-state index is 13.1. The molecule has 10 aromatic carbocycles. The van der Waals surface area contributed by atoms with Crippen LogP contribution >= 0.6 is 0 Å². The van der Waals surface area contributed by atoms with Crippen LogP contribution in [-0.4, -0.2) is 191 Å². The SMILES string of the molecule is CC(C)(C)S(=O)(=O)c1cc(C(=O)O)cc(S(=O)(=O)C(C)(C)C)c1.CC(C)(C)S(=O)(=O)c1cc(O)cc(S(=O)(=O)C(C)(C)C)c1.CC(C)(C)S(=O)(=O)c1cc(S(=O)(=O)C(C)(C)C)c2ccc(C(=O)O)cc2c1.CC(C)(C)S(=O)(=O)c1ccc(C(=O)O)cc1.CC(C)(C)S(=O)(=O)c1ccc(O)cc1.CC(C)(C)S(=O)(=O)c1ccc2cc(C(=O)O)ccc2c1.CC(C)(C)S(=O)(=O)c1ccc2cc(O)ccc2c1. The minimum atomic E-state index is -3.89. The predicted octanol–water partition coefficient (Wildman–Crippen LogP) is 18.9. The molecule has 0 aliphatic rings. The molecule has 0 saturated heterocycles. The minimum absolute atomic E-state index is 0.0492. The van der Waals surface area contributed by atoms with Crippen molar-refractivity contribution < 1.29 is 139 Å². The van der Waals surface area contributed by atoms with Crippen LogP contribution in [-0.2, 0) is 98.4 Å². The van der Waals surface area contributed by atoms with Crippen molar-refractivity contribution in [1.29, 1.82) is 0 Å². The third-order valence-electron chi connectivity index (χ3n) is 21.1. The van der Waals surface area contributed by atoms with Crippen molar-refractivity contribution in [2.75, 3.05) is 0 Å². The number of rotatable bonds is 14. The highest BCUT2D eigenvalue weighted by Crippen LogP contribution is 2.41. The topological polar surface area (TPSA) is 551 Å². The average Bonchev–Trinajstić information content (AvgIpc) is 0.806. The molecule has 0 bridgehead atoms. The van der Waals surface area contributed by atoms with Gasteiger partial charge in [-0.3, -0.25) is 0 Å². The van der Waals surface area contributed by atoms with Crippen LogP contribution in [0.5, 0.6) is 17.2 Å². The Morgan fingerprint density at radius 3 is 0.683 bits per heavy atom. The number of aromatic hydroxyl groups is 3. The Hall–Kier alpha value is -10.2. The Kier molecular flexibility index (Phi) is 36.4. The lowest BCUT2D eigenvalue weighted by molar-refractivity contribution is 0.0685. The molecule has 0 heterocycles. The monoisotopic (exact) mass is 2120 g/mol. The van der Waals surface area contributed by atoms with Crippen LogP contribution in [0.1, 0.15) is 249 Å². The van der Waals surface area contributed by atoms with E-state index < -0.39 is 170 Å². The van der Waals surface area contributed by atoms with E-state index in [4.69, 9.17) is 15.3 Å². The molecule has 31 nitrogen and oxygen atoms in total. The molecule has 0 spiro atoms. The summed E-state index contributed by atoms with van der Waals surface area (Å²) in [6, 6.07) is 42.8. The van der Waals surface area contributed by atoms with Crippen LogP contribution < -0.4 is 0 Å². The van der Waals surface area contributed by atoms with Gasteiger partial charge < -0.3 is 35.7 Å². The third-order valence-corrected chi connectivity index (χ3v) is 45.9. The summed E-state index contributed by atoms with van der Waals surface area (Å²) in [5.41, 5.74) is -0.165. The van der Waals surface area contributed by atoms with E-state index in [0.717, 1.165) is 47.2 Å². The summed E-state index contributed by atoms with van der Waals surface area (Å²) in [5.74, 6) is -4.78. The zero-order valence-corrected chi connectivity index (χ0v) is 91.6. The number of hydrogen-bond acceptors (Lipinski definition) is 27. The van der Waals surface area contributed by atoms with Crippen molar-refractivity contribution in [3.63, 3.8) is 0 Å². The van der Waals surface area contributed by atoms with E-state index in [0.29, 0.717) is 21.1 Å². The Morgan fingerprint density at radius 2 is 0.381 bits per heavy atom. The average molecular weight is 2120 g/mol. The first-order chi connectivity index (χ1) is 61.9. The fraction of sp³-hybridized carbons (Fsp3) is 0.408. The molecule has 41 heteroatoms.